The van der Waals surface area contributed by atoms with E-state index >= 15 is 0 Å². The van der Waals surface area contributed by atoms with Crippen molar-refractivity contribution in [1.29, 1.82) is 0 Å². The van der Waals surface area contributed by atoms with Gasteiger partial charge in [0.15, 0.2) is 11.5 Å². The molecule has 1 aliphatic heterocycles. The molecule has 1 unspecified atom stereocenters. The lowest BCUT2D eigenvalue weighted by molar-refractivity contribution is 0.171. The highest BCUT2D eigenvalue weighted by molar-refractivity contribution is 7.09. The number of rotatable bonds is 5. The maximum absolute atomic E-state index is 5.63. The molecule has 2 heterocycles. The normalized spacial score (nSPS) is 15.0. The number of ether oxygens (including phenoxy) is 2. The lowest BCUT2D eigenvalue weighted by atomic mass is 10.1. The van der Waals surface area contributed by atoms with Gasteiger partial charge in [0, 0.05) is 30.1 Å². The Morgan fingerprint density at radius 2 is 2.10 bits per heavy atom. The van der Waals surface area contributed by atoms with Crippen molar-refractivity contribution in [2.75, 3.05) is 19.8 Å². The monoisotopic (exact) mass is 304 g/mol. The van der Waals surface area contributed by atoms with Crippen LogP contribution in [0.3, 0.4) is 0 Å². The molecule has 4 nitrogen and oxygen atoms in total. The number of hydrogen-bond donors (Lipinski definition) is 1. The third kappa shape index (κ3) is 3.54. The Labute approximate surface area is 129 Å². The van der Waals surface area contributed by atoms with Gasteiger partial charge in [-0.05, 0) is 31.5 Å². The molecule has 1 aromatic heterocycles. The van der Waals surface area contributed by atoms with Gasteiger partial charge < -0.3 is 14.8 Å². The van der Waals surface area contributed by atoms with Crippen molar-refractivity contribution in [2.45, 2.75) is 26.3 Å². The van der Waals surface area contributed by atoms with Crippen LogP contribution in [0.4, 0.5) is 0 Å². The van der Waals surface area contributed by atoms with E-state index in [4.69, 9.17) is 9.47 Å². The van der Waals surface area contributed by atoms with Crippen molar-refractivity contribution in [3.8, 4) is 11.5 Å². The molecule has 112 valence electrons. The molecule has 1 N–H and O–H groups in total. The minimum atomic E-state index is 0.280. The second-order valence-corrected chi connectivity index (χ2v) is 6.15. The second-order valence-electron chi connectivity index (χ2n) is 5.21. The van der Waals surface area contributed by atoms with E-state index in [9.17, 15) is 0 Å². The Morgan fingerprint density at radius 3 is 2.86 bits per heavy atom. The smallest absolute Gasteiger partial charge is 0.161 e. The fourth-order valence-electron chi connectivity index (χ4n) is 2.36. The van der Waals surface area contributed by atoms with Crippen LogP contribution < -0.4 is 14.8 Å². The molecule has 5 heteroatoms. The highest BCUT2D eigenvalue weighted by atomic mass is 32.1. The fourth-order valence-corrected chi connectivity index (χ4v) is 3.14. The Morgan fingerprint density at radius 1 is 1.29 bits per heavy atom. The summed E-state index contributed by atoms with van der Waals surface area (Å²) < 4.78 is 11.2. The highest BCUT2D eigenvalue weighted by Crippen LogP contribution is 2.32. The van der Waals surface area contributed by atoms with Gasteiger partial charge in [0.25, 0.3) is 0 Å². The molecule has 1 aliphatic rings. The van der Waals surface area contributed by atoms with E-state index in [0.29, 0.717) is 13.2 Å². The van der Waals surface area contributed by atoms with Gasteiger partial charge >= 0.3 is 0 Å². The van der Waals surface area contributed by atoms with Gasteiger partial charge in [-0.3, -0.25) is 0 Å². The van der Waals surface area contributed by atoms with Gasteiger partial charge in [-0.1, -0.05) is 6.07 Å². The first kappa shape index (κ1) is 14.4. The summed E-state index contributed by atoms with van der Waals surface area (Å²) in [5, 5.41) is 6.82. The number of thiazole rings is 1. The van der Waals surface area contributed by atoms with Gasteiger partial charge in [0.2, 0.25) is 0 Å². The number of benzene rings is 1. The van der Waals surface area contributed by atoms with E-state index in [2.05, 4.69) is 34.7 Å². The average Bonchev–Trinajstić information content (AvgIpc) is 2.92. The summed E-state index contributed by atoms with van der Waals surface area (Å²) in [5.74, 6) is 1.69. The standard InChI is InChI=1S/C16H20N2O2S/c1-11-10-21-16(18-11)5-6-17-12(2)13-3-4-14-15(9-13)20-8-7-19-14/h3-4,9-10,12,17H,5-8H2,1-2H3. The van der Waals surface area contributed by atoms with Crippen molar-refractivity contribution in [3.63, 3.8) is 0 Å². The minimum absolute atomic E-state index is 0.280. The van der Waals surface area contributed by atoms with Crippen LogP contribution in [0.15, 0.2) is 23.6 Å². The molecule has 1 aromatic carbocycles. The van der Waals surface area contributed by atoms with E-state index in [0.717, 1.165) is 30.2 Å². The molecule has 0 saturated carbocycles. The predicted molar refractivity (Wildman–Crippen MR) is 84.4 cm³/mol. The SMILES string of the molecule is Cc1csc(CCNC(C)c2ccc3c(c2)OCCO3)n1. The van der Waals surface area contributed by atoms with E-state index in [-0.39, 0.29) is 6.04 Å². The first-order chi connectivity index (χ1) is 10.2. The molecular formula is C16H20N2O2S. The molecule has 0 fully saturated rings. The molecule has 3 rings (SSSR count). The molecule has 1 atom stereocenters. The van der Waals surface area contributed by atoms with E-state index < -0.39 is 0 Å². The van der Waals surface area contributed by atoms with Crippen LogP contribution in [0.5, 0.6) is 11.5 Å². The largest absolute Gasteiger partial charge is 0.486 e. The van der Waals surface area contributed by atoms with Gasteiger partial charge in [-0.25, -0.2) is 4.98 Å². The summed E-state index contributed by atoms with van der Waals surface area (Å²) in [4.78, 5) is 4.48. The summed E-state index contributed by atoms with van der Waals surface area (Å²) in [6.07, 6.45) is 0.966. The molecule has 0 bridgehead atoms. The second kappa shape index (κ2) is 6.45. The van der Waals surface area contributed by atoms with E-state index in [1.54, 1.807) is 11.3 Å². The molecule has 2 aromatic rings. The molecular weight excluding hydrogens is 284 g/mol. The van der Waals surface area contributed by atoms with E-state index in [1.165, 1.54) is 10.6 Å². The van der Waals surface area contributed by atoms with Crippen LogP contribution >= 0.6 is 11.3 Å². The summed E-state index contributed by atoms with van der Waals surface area (Å²) >= 11 is 1.73. The topological polar surface area (TPSA) is 43.4 Å². The number of fused-ring (bicyclic) bond motifs is 1. The summed E-state index contributed by atoms with van der Waals surface area (Å²) in [6.45, 7) is 6.38. The maximum Gasteiger partial charge on any atom is 0.161 e. The van der Waals surface area contributed by atoms with Crippen LogP contribution in [-0.2, 0) is 6.42 Å². The Balaban J connectivity index is 1.56. The lowest BCUT2D eigenvalue weighted by Crippen LogP contribution is -2.22. The van der Waals surface area contributed by atoms with Gasteiger partial charge in [-0.2, -0.15) is 0 Å². The van der Waals surface area contributed by atoms with Crippen molar-refractivity contribution < 1.29 is 9.47 Å². The van der Waals surface area contributed by atoms with Crippen molar-refractivity contribution in [3.05, 3.63) is 39.8 Å². The predicted octanol–water partition coefficient (Wildman–Crippen LogP) is 3.12. The van der Waals surface area contributed by atoms with Crippen molar-refractivity contribution in [2.24, 2.45) is 0 Å². The first-order valence-electron chi connectivity index (χ1n) is 7.26. The zero-order chi connectivity index (χ0) is 14.7. The number of nitrogens with one attached hydrogen (secondary N) is 1. The van der Waals surface area contributed by atoms with Crippen molar-refractivity contribution in [1.82, 2.24) is 10.3 Å². The Kier molecular flexibility index (Phi) is 4.41. The van der Waals surface area contributed by atoms with Crippen LogP contribution in [0.25, 0.3) is 0 Å². The van der Waals surface area contributed by atoms with Crippen LogP contribution in [0.1, 0.15) is 29.2 Å². The van der Waals surface area contributed by atoms with Gasteiger partial charge in [0.05, 0.1) is 5.01 Å². The Hall–Kier alpha value is -1.59. The van der Waals surface area contributed by atoms with Gasteiger partial charge in [0.1, 0.15) is 13.2 Å². The quantitative estimate of drug-likeness (QED) is 0.922. The van der Waals surface area contributed by atoms with Crippen LogP contribution in [0, 0.1) is 6.92 Å². The molecule has 0 aliphatic carbocycles. The molecule has 0 saturated heterocycles. The number of hydrogen-bond acceptors (Lipinski definition) is 5. The number of aromatic nitrogens is 1. The maximum atomic E-state index is 5.63. The molecule has 0 spiro atoms. The molecule has 21 heavy (non-hydrogen) atoms. The summed E-state index contributed by atoms with van der Waals surface area (Å²) in [6, 6.07) is 6.44. The minimum Gasteiger partial charge on any atom is -0.486 e. The van der Waals surface area contributed by atoms with Crippen molar-refractivity contribution >= 4 is 11.3 Å². The van der Waals surface area contributed by atoms with E-state index in [1.807, 2.05) is 13.0 Å². The Bertz CT molecular complexity index is 612. The third-order valence-electron chi connectivity index (χ3n) is 3.52. The summed E-state index contributed by atoms with van der Waals surface area (Å²) in [5.41, 5.74) is 2.32. The average molecular weight is 304 g/mol. The lowest BCUT2D eigenvalue weighted by Gasteiger charge is -2.21. The zero-order valence-corrected chi connectivity index (χ0v) is 13.2. The van der Waals surface area contributed by atoms with Gasteiger partial charge in [-0.15, -0.1) is 11.3 Å². The zero-order valence-electron chi connectivity index (χ0n) is 12.4. The third-order valence-corrected chi connectivity index (χ3v) is 4.55. The fraction of sp³-hybridized carbons (Fsp3) is 0.438. The number of aryl methyl sites for hydroxylation is 1. The molecule has 0 radical (unpaired) electrons. The highest BCUT2D eigenvalue weighted by Gasteiger charge is 2.14. The molecule has 0 amide bonds. The number of nitrogens with zero attached hydrogens (tertiary/aromatic N) is 1. The summed E-state index contributed by atoms with van der Waals surface area (Å²) in [7, 11) is 0. The first-order valence-corrected chi connectivity index (χ1v) is 8.14. The van der Waals surface area contributed by atoms with Crippen LogP contribution in [0.2, 0.25) is 0 Å². The van der Waals surface area contributed by atoms with Crippen LogP contribution in [-0.4, -0.2) is 24.7 Å².